The van der Waals surface area contributed by atoms with Crippen LogP contribution in [0.5, 0.6) is 0 Å². The summed E-state index contributed by atoms with van der Waals surface area (Å²) < 4.78 is 7.17. The Hall–Kier alpha value is -2.67. The Balaban J connectivity index is 1.77. The molecule has 0 aliphatic carbocycles. The lowest BCUT2D eigenvalue weighted by atomic mass is 10.1. The molecule has 1 aliphatic rings. The minimum Gasteiger partial charge on any atom is -0.387 e. The Morgan fingerprint density at radius 1 is 1.36 bits per heavy atom. The number of imidazole rings is 1. The van der Waals surface area contributed by atoms with Gasteiger partial charge in [0, 0.05) is 19.8 Å². The van der Waals surface area contributed by atoms with Gasteiger partial charge < -0.3 is 25.6 Å². The van der Waals surface area contributed by atoms with Gasteiger partial charge in [-0.05, 0) is 6.92 Å². The van der Waals surface area contributed by atoms with E-state index in [0.29, 0.717) is 29.4 Å². The van der Waals surface area contributed by atoms with E-state index >= 15 is 0 Å². The van der Waals surface area contributed by atoms with Crippen LogP contribution in [0.4, 0.5) is 5.82 Å². The van der Waals surface area contributed by atoms with Crippen molar-refractivity contribution in [3.8, 4) is 10.7 Å². The van der Waals surface area contributed by atoms with Crippen LogP contribution in [-0.2, 0) is 9.53 Å². The summed E-state index contributed by atoms with van der Waals surface area (Å²) in [5.41, 5.74) is 2.55. The zero-order chi connectivity index (χ0) is 19.8. The summed E-state index contributed by atoms with van der Waals surface area (Å²) in [5, 5.41) is 26.3. The number of hydrogen-bond donors (Lipinski definition) is 4. The summed E-state index contributed by atoms with van der Waals surface area (Å²) >= 11 is 1.39. The topological polar surface area (TPSA) is 147 Å². The van der Waals surface area contributed by atoms with Gasteiger partial charge in [0.1, 0.15) is 12.2 Å². The van der Waals surface area contributed by atoms with Gasteiger partial charge in [0.15, 0.2) is 35.1 Å². The number of amides is 1. The molecule has 4 atom stereocenters. The van der Waals surface area contributed by atoms with Crippen LogP contribution in [0, 0.1) is 0 Å². The first-order valence-electron chi connectivity index (χ1n) is 8.65. The second kappa shape index (κ2) is 7.39. The molecule has 1 saturated heterocycles. The zero-order valence-electron chi connectivity index (χ0n) is 15.1. The molecule has 4 N–H and O–H groups in total. The van der Waals surface area contributed by atoms with Gasteiger partial charge in [-0.2, -0.15) is 0 Å². The predicted octanol–water partition coefficient (Wildman–Crippen LogP) is -0.253. The van der Waals surface area contributed by atoms with Crippen LogP contribution in [0.3, 0.4) is 0 Å². The van der Waals surface area contributed by atoms with Crippen LogP contribution in [0.25, 0.3) is 21.9 Å². The van der Waals surface area contributed by atoms with E-state index in [1.807, 2.05) is 0 Å². The second-order valence-electron chi connectivity index (χ2n) is 6.16. The van der Waals surface area contributed by atoms with Crippen molar-refractivity contribution in [3.05, 3.63) is 18.0 Å². The maximum absolute atomic E-state index is 12.1. The highest BCUT2D eigenvalue weighted by Crippen LogP contribution is 2.33. The fourth-order valence-corrected chi connectivity index (χ4v) is 3.65. The van der Waals surface area contributed by atoms with Gasteiger partial charge in [-0.25, -0.2) is 15.0 Å². The highest BCUT2D eigenvalue weighted by molar-refractivity contribution is 7.13. The number of anilines is 1. The van der Waals surface area contributed by atoms with E-state index < -0.39 is 30.4 Å². The minimum absolute atomic E-state index is 0.386. The number of aromatic nitrogens is 5. The van der Waals surface area contributed by atoms with Crippen LogP contribution in [-0.4, -0.2) is 72.5 Å². The molecule has 1 amide bonds. The van der Waals surface area contributed by atoms with Crippen LogP contribution in [0.1, 0.15) is 13.2 Å². The van der Waals surface area contributed by atoms with E-state index in [0.717, 1.165) is 4.88 Å². The first kappa shape index (κ1) is 18.7. The lowest BCUT2D eigenvalue weighted by molar-refractivity contribution is -0.137. The molecule has 148 valence electrons. The SMILES string of the molecule is CCNC(=O)C1OC(n2cnc3c(NC)nc(-c4cncs4)nc32)C(O)C1O. The van der Waals surface area contributed by atoms with Crippen molar-refractivity contribution in [2.24, 2.45) is 0 Å². The summed E-state index contributed by atoms with van der Waals surface area (Å²) in [6.45, 7) is 2.14. The molecule has 4 rings (SSSR count). The molecule has 3 aromatic heterocycles. The number of likely N-dealkylation sites (N-methyl/N-ethyl adjacent to an activating group) is 1. The molecule has 4 unspecified atom stereocenters. The molecule has 12 heteroatoms. The third-order valence-corrected chi connectivity index (χ3v) is 5.20. The summed E-state index contributed by atoms with van der Waals surface area (Å²) in [5.74, 6) is 0.451. The largest absolute Gasteiger partial charge is 0.387 e. The number of rotatable bonds is 5. The average molecular weight is 405 g/mol. The molecule has 28 heavy (non-hydrogen) atoms. The third-order valence-electron chi connectivity index (χ3n) is 4.43. The number of hydrogen-bond acceptors (Lipinski definition) is 10. The first-order chi connectivity index (χ1) is 13.5. The smallest absolute Gasteiger partial charge is 0.252 e. The van der Waals surface area contributed by atoms with Gasteiger partial charge >= 0.3 is 0 Å². The van der Waals surface area contributed by atoms with E-state index in [-0.39, 0.29) is 0 Å². The number of aliphatic hydroxyl groups excluding tert-OH is 2. The van der Waals surface area contributed by atoms with Crippen molar-refractivity contribution in [1.82, 2.24) is 29.8 Å². The maximum atomic E-state index is 12.1. The maximum Gasteiger partial charge on any atom is 0.252 e. The summed E-state index contributed by atoms with van der Waals surface area (Å²) in [6.07, 6.45) is -1.82. The number of thiazole rings is 1. The molecule has 0 radical (unpaired) electrons. The normalized spacial score (nSPS) is 24.6. The van der Waals surface area contributed by atoms with Gasteiger partial charge in [0.25, 0.3) is 5.91 Å². The molecule has 11 nitrogen and oxygen atoms in total. The Morgan fingerprint density at radius 2 is 2.18 bits per heavy atom. The molecular weight excluding hydrogens is 386 g/mol. The summed E-state index contributed by atoms with van der Waals surface area (Å²) in [4.78, 5) is 30.2. The van der Waals surface area contributed by atoms with Gasteiger partial charge in [-0.1, -0.05) is 0 Å². The predicted molar refractivity (Wildman–Crippen MR) is 101 cm³/mol. The Kier molecular flexibility index (Phi) is 4.93. The van der Waals surface area contributed by atoms with E-state index in [2.05, 4.69) is 30.6 Å². The van der Waals surface area contributed by atoms with Crippen molar-refractivity contribution >= 4 is 34.2 Å². The van der Waals surface area contributed by atoms with Crippen LogP contribution < -0.4 is 10.6 Å². The number of carbonyl (C=O) groups excluding carboxylic acids is 1. The minimum atomic E-state index is -1.37. The summed E-state index contributed by atoms with van der Waals surface area (Å²) in [7, 11) is 1.72. The van der Waals surface area contributed by atoms with Crippen molar-refractivity contribution in [2.45, 2.75) is 31.5 Å². The number of nitrogens with one attached hydrogen (secondary N) is 2. The van der Waals surface area contributed by atoms with E-state index in [1.54, 1.807) is 25.7 Å². The number of aliphatic hydroxyl groups is 2. The summed E-state index contributed by atoms with van der Waals surface area (Å²) in [6, 6.07) is 0. The molecule has 1 aliphatic heterocycles. The fourth-order valence-electron chi connectivity index (χ4n) is 3.09. The van der Waals surface area contributed by atoms with Gasteiger partial charge in [-0.15, -0.1) is 11.3 Å². The Labute approximate surface area is 163 Å². The Morgan fingerprint density at radius 3 is 2.86 bits per heavy atom. The zero-order valence-corrected chi connectivity index (χ0v) is 15.9. The monoisotopic (exact) mass is 405 g/mol. The highest BCUT2D eigenvalue weighted by Gasteiger charge is 2.47. The number of nitrogens with zero attached hydrogens (tertiary/aromatic N) is 5. The molecule has 1 fully saturated rings. The second-order valence-corrected chi connectivity index (χ2v) is 7.04. The standard InChI is InChI=1S/C16H19N7O4S/c1-3-19-15(26)11-9(24)10(25)16(27-11)23-5-20-8-13(17-2)21-12(22-14(8)23)7-4-18-6-28-7/h4-6,9-11,16,24-25H,3H2,1-2H3,(H,19,26)(H,17,21,22). The third kappa shape index (κ3) is 2.99. The lowest BCUT2D eigenvalue weighted by Gasteiger charge is -2.16. The molecule has 0 bridgehead atoms. The first-order valence-corrected chi connectivity index (χ1v) is 9.53. The van der Waals surface area contributed by atoms with E-state index in [1.165, 1.54) is 22.2 Å². The molecule has 0 saturated carbocycles. The molecule has 0 spiro atoms. The van der Waals surface area contributed by atoms with Crippen molar-refractivity contribution in [3.63, 3.8) is 0 Å². The molecular formula is C16H19N7O4S. The van der Waals surface area contributed by atoms with Crippen molar-refractivity contribution in [1.29, 1.82) is 0 Å². The van der Waals surface area contributed by atoms with Crippen LogP contribution in [0.15, 0.2) is 18.0 Å². The number of ether oxygens (including phenoxy) is 1. The number of fused-ring (bicyclic) bond motifs is 1. The lowest BCUT2D eigenvalue weighted by Crippen LogP contribution is -2.42. The Bertz CT molecular complexity index is 992. The van der Waals surface area contributed by atoms with Gasteiger partial charge in [0.2, 0.25) is 0 Å². The van der Waals surface area contributed by atoms with Crippen LogP contribution in [0.2, 0.25) is 0 Å². The van der Waals surface area contributed by atoms with E-state index in [9.17, 15) is 15.0 Å². The quantitative estimate of drug-likeness (QED) is 0.451. The van der Waals surface area contributed by atoms with Gasteiger partial charge in [-0.3, -0.25) is 14.3 Å². The van der Waals surface area contributed by atoms with Gasteiger partial charge in [0.05, 0.1) is 16.7 Å². The van der Waals surface area contributed by atoms with Crippen molar-refractivity contribution in [2.75, 3.05) is 18.9 Å². The highest BCUT2D eigenvalue weighted by atomic mass is 32.1. The molecule has 3 aromatic rings. The van der Waals surface area contributed by atoms with Crippen LogP contribution >= 0.6 is 11.3 Å². The van der Waals surface area contributed by atoms with E-state index in [4.69, 9.17) is 4.74 Å². The average Bonchev–Trinajstić information content (AvgIpc) is 3.42. The fraction of sp³-hybridized carbons (Fsp3) is 0.438. The molecule has 0 aromatic carbocycles. The van der Waals surface area contributed by atoms with Crippen molar-refractivity contribution < 1.29 is 19.7 Å². The molecule has 4 heterocycles. The number of carbonyl (C=O) groups is 1.